The van der Waals surface area contributed by atoms with Crippen LogP contribution in [-0.4, -0.2) is 128 Å². The van der Waals surface area contributed by atoms with Gasteiger partial charge in [0.15, 0.2) is 34.7 Å². The highest BCUT2D eigenvalue weighted by molar-refractivity contribution is 6.21. The van der Waals surface area contributed by atoms with Crippen LogP contribution in [0.3, 0.4) is 0 Å². The van der Waals surface area contributed by atoms with Gasteiger partial charge in [-0.3, -0.25) is 71.9 Å². The first-order valence-electron chi connectivity index (χ1n) is 38.6. The van der Waals surface area contributed by atoms with E-state index in [-0.39, 0.29) is 94.0 Å². The van der Waals surface area contributed by atoms with E-state index in [0.29, 0.717) is 43.6 Å². The Labute approximate surface area is 625 Å². The molecule has 4 saturated heterocycles. The van der Waals surface area contributed by atoms with Crippen LogP contribution >= 0.6 is 0 Å². The molecule has 566 valence electrons. The third-order valence-electron chi connectivity index (χ3n) is 26.5. The fourth-order valence-electron chi connectivity index (χ4n) is 22.0. The molecule has 4 aliphatic heterocycles. The Morgan fingerprint density at radius 2 is 0.850 bits per heavy atom. The maximum absolute atomic E-state index is 14.6. The summed E-state index contributed by atoms with van der Waals surface area (Å²) in [5.41, 5.74) is 8.08. The number of Topliss-reactive ketones (excluding diaryl/α,β-unsaturated/α-hetero) is 6. The van der Waals surface area contributed by atoms with Gasteiger partial charge in [0.1, 0.15) is 23.9 Å². The van der Waals surface area contributed by atoms with Gasteiger partial charge in [0, 0.05) is 68.8 Å². The molecule has 25 unspecified atom stereocenters. The fraction of sp³-hybridized carbons (Fsp3) is 0.552. The zero-order valence-electron chi connectivity index (χ0n) is 64.0. The number of benzene rings is 4. The molecule has 4 aromatic rings. The minimum Gasteiger partial charge on any atom is -0.378 e. The molecule has 11 fully saturated rings. The van der Waals surface area contributed by atoms with Gasteiger partial charge >= 0.3 is 0 Å². The van der Waals surface area contributed by atoms with E-state index in [9.17, 15) is 71.9 Å². The molecule has 20 nitrogen and oxygen atoms in total. The van der Waals surface area contributed by atoms with Gasteiger partial charge in [0.2, 0.25) is 53.2 Å². The van der Waals surface area contributed by atoms with Gasteiger partial charge < -0.3 is 9.47 Å². The largest absolute Gasteiger partial charge is 0.378 e. The molecule has 0 spiro atoms. The Kier molecular flexibility index (Phi) is 22.1. The second kappa shape index (κ2) is 30.4. The van der Waals surface area contributed by atoms with Gasteiger partial charge in [-0.15, -0.1) is 0 Å². The van der Waals surface area contributed by atoms with Crippen molar-refractivity contribution in [3.8, 4) is 0 Å². The average molecular weight is 1460 g/mol. The lowest BCUT2D eigenvalue weighted by molar-refractivity contribution is -0.152. The lowest BCUT2D eigenvalue weighted by Crippen LogP contribution is -2.47. The van der Waals surface area contributed by atoms with Crippen molar-refractivity contribution in [3.63, 3.8) is 0 Å². The lowest BCUT2D eigenvalue weighted by atomic mass is 9.58. The molecule has 4 bridgehead atoms. The Bertz CT molecular complexity index is 4360. The molecule has 11 aliphatic rings. The number of imide groups is 9. The summed E-state index contributed by atoms with van der Waals surface area (Å²) < 4.78 is 11.1. The SMILES string of the molecule is CC.CC(=O)N1C(=O)C(C)C(CCc2ccccc2)C1=O.CC(=O)N1C(=O)C2C3CC(C2C1=O)C(C1C(=O)C(c2ccc(C)cc2C)C(=O)C1C)C3C1C(=O)C(c2ccc(C)cc2)C(=O)C1C.CC(=O)N1C(=O)C2C3CC(C2C1=O)C(C1C(=O)C(c2ccc(C)cc2C)C(=O)C1C)C3CC(C)COCC1CO1. The second-order valence-corrected chi connectivity index (χ2v) is 32.8. The van der Waals surface area contributed by atoms with Crippen LogP contribution in [0.1, 0.15) is 163 Å². The van der Waals surface area contributed by atoms with Gasteiger partial charge in [-0.2, -0.15) is 0 Å². The average Bonchev–Trinajstić information content (AvgIpc) is 1.53. The molecule has 107 heavy (non-hydrogen) atoms. The van der Waals surface area contributed by atoms with Crippen molar-refractivity contribution >= 4 is 87.9 Å². The number of amides is 9. The number of ketones is 6. The zero-order chi connectivity index (χ0) is 77.7. The standard InChI is InChI=1S/C38H39NO7.C32H39NO7.C15H17NO3.C2H6/c1-15-7-10-21(11-8-15)27-33(41)18(4)25(35(27)43)28-23-14-24(31-30(23)37(45)39(20(6)40)38(31)46)29(28)26-19(5)34(42)32(36(26)44)22-12-9-16(2)13-17(22)3;1-14-6-7-20(16(3)8-14)28-29(35)17(4)24(30(28)36)25-21(9-15(2)11-39-12-19-13-40-19)22-10-23(25)27-26(22)31(37)33(18(5)34)32(27)38;1-10-13(9-8-12-6-4-3-5-7-12)15(19)16(11(2)17)14(10)18;1-2/h7-13,18-19,23-32H,14H2,1-6H3;6-8,15,17,19,21-28H,9-13H2,1-5H3;3-7,10,13H,8-9H2,1-2H3;1-2H3. The zero-order valence-corrected chi connectivity index (χ0v) is 64.0. The summed E-state index contributed by atoms with van der Waals surface area (Å²) in [6.07, 6.45) is 3.36. The summed E-state index contributed by atoms with van der Waals surface area (Å²) in [6.45, 7) is 28.4. The van der Waals surface area contributed by atoms with Crippen LogP contribution < -0.4 is 0 Å². The molecule has 0 aromatic heterocycles. The molecule has 7 aliphatic carbocycles. The fourth-order valence-corrected chi connectivity index (χ4v) is 22.0. The van der Waals surface area contributed by atoms with E-state index in [1.165, 1.54) is 20.8 Å². The van der Waals surface area contributed by atoms with Crippen LogP contribution in [0.5, 0.6) is 0 Å². The highest BCUT2D eigenvalue weighted by Crippen LogP contribution is 2.69. The molecule has 20 heteroatoms. The molecule has 0 N–H and O–H groups in total. The minimum atomic E-state index is -0.954. The Balaban J connectivity index is 0.000000160. The van der Waals surface area contributed by atoms with Crippen LogP contribution in [0, 0.1) is 159 Å². The first kappa shape index (κ1) is 77.9. The molecule has 15 rings (SSSR count). The van der Waals surface area contributed by atoms with Crippen molar-refractivity contribution in [2.45, 2.75) is 160 Å². The highest BCUT2D eigenvalue weighted by Gasteiger charge is 2.74. The molecule has 0 radical (unpaired) electrons. The minimum absolute atomic E-state index is 0.00671. The van der Waals surface area contributed by atoms with Crippen molar-refractivity contribution in [2.75, 3.05) is 19.8 Å². The van der Waals surface area contributed by atoms with E-state index in [1.807, 2.05) is 134 Å². The first-order chi connectivity index (χ1) is 50.8. The maximum atomic E-state index is 14.6. The highest BCUT2D eigenvalue weighted by atomic mass is 16.6. The number of carbonyl (C=O) groups is 15. The van der Waals surface area contributed by atoms with Gasteiger partial charge in [-0.1, -0.05) is 156 Å². The van der Waals surface area contributed by atoms with E-state index < -0.39 is 142 Å². The number of hydrogen-bond donors (Lipinski definition) is 0. The summed E-state index contributed by atoms with van der Waals surface area (Å²) in [4.78, 5) is 201. The number of ether oxygens (including phenoxy) is 2. The van der Waals surface area contributed by atoms with Gasteiger partial charge in [0.25, 0.3) is 0 Å². The lowest BCUT2D eigenvalue weighted by Gasteiger charge is -2.43. The van der Waals surface area contributed by atoms with E-state index in [0.717, 1.165) is 73.1 Å². The van der Waals surface area contributed by atoms with E-state index in [1.54, 1.807) is 32.9 Å². The number of carbonyl (C=O) groups excluding carboxylic acids is 15. The molecular formula is C87H101N3O17. The molecule has 25 atom stereocenters. The van der Waals surface area contributed by atoms with Crippen LogP contribution in [-0.2, 0) is 87.8 Å². The maximum Gasteiger partial charge on any atom is 0.240 e. The first-order valence-corrected chi connectivity index (χ1v) is 38.6. The number of rotatable bonds is 15. The number of aryl methyl sites for hydroxylation is 6. The second-order valence-electron chi connectivity index (χ2n) is 32.8. The summed E-state index contributed by atoms with van der Waals surface area (Å²) in [6, 6.07) is 28.7. The smallest absolute Gasteiger partial charge is 0.240 e. The summed E-state index contributed by atoms with van der Waals surface area (Å²) >= 11 is 0. The van der Waals surface area contributed by atoms with Crippen LogP contribution in [0.25, 0.3) is 0 Å². The van der Waals surface area contributed by atoms with Crippen molar-refractivity contribution < 1.29 is 81.4 Å². The van der Waals surface area contributed by atoms with E-state index in [2.05, 4.69) is 6.92 Å². The summed E-state index contributed by atoms with van der Waals surface area (Å²) in [5.74, 6) is -17.6. The third-order valence-corrected chi connectivity index (χ3v) is 26.5. The van der Waals surface area contributed by atoms with Crippen molar-refractivity contribution in [1.82, 2.24) is 14.7 Å². The Morgan fingerprint density at radius 1 is 0.458 bits per heavy atom. The van der Waals surface area contributed by atoms with Crippen LogP contribution in [0.4, 0.5) is 0 Å². The molecule has 7 saturated carbocycles. The quantitative estimate of drug-likeness (QED) is 0.0607. The number of epoxide rings is 1. The predicted octanol–water partition coefficient (Wildman–Crippen LogP) is 10.4. The Hall–Kier alpha value is -8.75. The van der Waals surface area contributed by atoms with Crippen molar-refractivity contribution in [3.05, 3.63) is 141 Å². The van der Waals surface area contributed by atoms with Gasteiger partial charge in [0.05, 0.1) is 42.8 Å². The monoisotopic (exact) mass is 1460 g/mol. The Morgan fingerprint density at radius 3 is 1.28 bits per heavy atom. The number of likely N-dealkylation sites (tertiary alicyclic amines) is 3. The number of hydrogen-bond acceptors (Lipinski definition) is 17. The predicted molar refractivity (Wildman–Crippen MR) is 391 cm³/mol. The van der Waals surface area contributed by atoms with E-state index >= 15 is 0 Å². The van der Waals surface area contributed by atoms with Crippen LogP contribution in [0.2, 0.25) is 0 Å². The molecular weight excluding hydrogens is 1360 g/mol. The van der Waals surface area contributed by atoms with Gasteiger partial charge in [-0.25, -0.2) is 14.7 Å². The van der Waals surface area contributed by atoms with Crippen molar-refractivity contribution in [1.29, 1.82) is 0 Å². The summed E-state index contributed by atoms with van der Waals surface area (Å²) in [5, 5.41) is 0. The van der Waals surface area contributed by atoms with E-state index in [4.69, 9.17) is 9.47 Å². The third kappa shape index (κ3) is 13.3. The molecule has 9 amide bonds. The van der Waals surface area contributed by atoms with Gasteiger partial charge in [-0.05, 0) is 153 Å². The summed E-state index contributed by atoms with van der Waals surface area (Å²) in [7, 11) is 0. The number of fused-ring (bicyclic) bond motifs is 10. The van der Waals surface area contributed by atoms with Crippen molar-refractivity contribution in [2.24, 2.45) is 124 Å². The van der Waals surface area contributed by atoms with Crippen LogP contribution in [0.15, 0.2) is 91.0 Å². The number of nitrogens with zero attached hydrogens (tertiary/aromatic N) is 3. The molecule has 4 heterocycles. The normalized spacial score (nSPS) is 35.2. The molecule has 4 aromatic carbocycles. The topological polar surface area (TPSA) is 288 Å².